The zero-order valence-corrected chi connectivity index (χ0v) is 24.6. The lowest BCUT2D eigenvalue weighted by atomic mass is 9.97. The van der Waals surface area contributed by atoms with E-state index in [1.807, 2.05) is 41.5 Å². The van der Waals surface area contributed by atoms with E-state index >= 15 is 0 Å². The van der Waals surface area contributed by atoms with Crippen molar-refractivity contribution in [1.82, 2.24) is 0 Å². The molecule has 7 fully saturated rings. The minimum atomic E-state index is -1.14. The monoisotopic (exact) mass is 576 g/mol. The zero-order chi connectivity index (χ0) is 28.8. The third-order valence-electron chi connectivity index (χ3n) is 7.78. The molecule has 0 saturated carbocycles. The van der Waals surface area contributed by atoms with Crippen LogP contribution in [0.3, 0.4) is 0 Å². The number of rotatable bonds is 5. The average molecular weight is 577 g/mol. The molecule has 0 aromatic carbocycles. The molecular formula is C27H44O13. The van der Waals surface area contributed by atoms with Gasteiger partial charge in [0.1, 0.15) is 55.9 Å². The first-order valence-corrected chi connectivity index (χ1v) is 14.1. The van der Waals surface area contributed by atoms with Gasteiger partial charge in [-0.15, -0.1) is 0 Å². The fraction of sp³-hybridized carbons (Fsp3) is 1.00. The maximum atomic E-state index is 9.61. The molecule has 0 radical (unpaired) electrons. The molecule has 7 aliphatic heterocycles. The molecular weight excluding hydrogens is 532 g/mol. The summed E-state index contributed by atoms with van der Waals surface area (Å²) in [5.41, 5.74) is 0. The Balaban J connectivity index is 0.000000148. The van der Waals surface area contributed by atoms with E-state index in [0.717, 1.165) is 6.61 Å². The zero-order valence-electron chi connectivity index (χ0n) is 24.6. The van der Waals surface area contributed by atoms with Crippen LogP contribution in [0.15, 0.2) is 0 Å². The number of hydrogen-bond acceptors (Lipinski definition) is 13. The van der Waals surface area contributed by atoms with Gasteiger partial charge in [-0.2, -0.15) is 0 Å². The van der Waals surface area contributed by atoms with Crippen molar-refractivity contribution in [3.05, 3.63) is 0 Å². The average Bonchev–Trinajstić information content (AvgIpc) is 3.30. The lowest BCUT2D eigenvalue weighted by molar-refractivity contribution is -0.299. The smallest absolute Gasteiger partial charge is 0.224 e. The van der Waals surface area contributed by atoms with Crippen molar-refractivity contribution in [2.24, 2.45) is 0 Å². The molecule has 13 heteroatoms. The Morgan fingerprint density at radius 2 is 1.10 bits per heavy atom. The standard InChI is InChI=1S/C15H24O7.C12H20O6/c1-13(2)19-10-7-18-15(8-16-5-9-6-17-9)12(11(10)20-13)21-14(3,4)22-15;1-10(2)15-7-5-14-12(6-13)9(8(7)16-10)17-11(3,4)18-12/h9-12H,5-8H2,1-4H3;7-9,13H,5-6H2,1-4H3. The molecule has 0 amide bonds. The molecule has 40 heavy (non-hydrogen) atoms. The molecule has 230 valence electrons. The summed E-state index contributed by atoms with van der Waals surface area (Å²) < 4.78 is 69.9. The van der Waals surface area contributed by atoms with Crippen LogP contribution in [-0.4, -0.2) is 122 Å². The van der Waals surface area contributed by atoms with Gasteiger partial charge in [0, 0.05) is 0 Å². The third kappa shape index (κ3) is 5.59. The van der Waals surface area contributed by atoms with Gasteiger partial charge in [-0.3, -0.25) is 0 Å². The van der Waals surface area contributed by atoms with E-state index in [4.69, 9.17) is 56.8 Å². The fourth-order valence-electron chi connectivity index (χ4n) is 6.41. The number of hydrogen-bond donors (Lipinski definition) is 1. The van der Waals surface area contributed by atoms with E-state index in [0.29, 0.717) is 19.8 Å². The van der Waals surface area contributed by atoms with Gasteiger partial charge in [0.15, 0.2) is 23.1 Å². The Bertz CT molecular complexity index is 951. The predicted molar refractivity (Wildman–Crippen MR) is 133 cm³/mol. The molecule has 1 N–H and O–H groups in total. The summed E-state index contributed by atoms with van der Waals surface area (Å²) >= 11 is 0. The maximum absolute atomic E-state index is 9.61. The third-order valence-corrected chi connectivity index (χ3v) is 7.78. The summed E-state index contributed by atoms with van der Waals surface area (Å²) in [5.74, 6) is -4.97. The summed E-state index contributed by atoms with van der Waals surface area (Å²) in [7, 11) is 0. The van der Waals surface area contributed by atoms with Gasteiger partial charge in [-0.1, -0.05) is 0 Å². The molecule has 0 aliphatic carbocycles. The van der Waals surface area contributed by atoms with Gasteiger partial charge < -0.3 is 61.9 Å². The van der Waals surface area contributed by atoms with Crippen LogP contribution in [0.4, 0.5) is 0 Å². The van der Waals surface area contributed by atoms with Crippen molar-refractivity contribution in [3.63, 3.8) is 0 Å². The van der Waals surface area contributed by atoms with E-state index in [1.165, 1.54) is 0 Å². The Hall–Kier alpha value is -0.520. The largest absolute Gasteiger partial charge is 0.391 e. The molecule has 0 spiro atoms. The lowest BCUT2D eigenvalue weighted by Crippen LogP contribution is -2.60. The number of aliphatic hydroxyl groups excluding tert-OH is 1. The highest BCUT2D eigenvalue weighted by molar-refractivity contribution is 5.04. The van der Waals surface area contributed by atoms with Gasteiger partial charge in [-0.05, 0) is 55.4 Å². The molecule has 9 atom stereocenters. The summed E-state index contributed by atoms with van der Waals surface area (Å²) in [5, 5.41) is 9.61. The van der Waals surface area contributed by atoms with Crippen molar-refractivity contribution in [1.29, 1.82) is 0 Å². The second-order valence-corrected chi connectivity index (χ2v) is 13.2. The Kier molecular flexibility index (Phi) is 7.20. The first kappa shape index (κ1) is 29.5. The van der Waals surface area contributed by atoms with Crippen LogP contribution in [0.1, 0.15) is 55.4 Å². The van der Waals surface area contributed by atoms with E-state index in [2.05, 4.69) is 0 Å². The minimum absolute atomic E-state index is 0.155. The lowest BCUT2D eigenvalue weighted by Gasteiger charge is -2.40. The Morgan fingerprint density at radius 1 is 0.625 bits per heavy atom. The van der Waals surface area contributed by atoms with Crippen LogP contribution >= 0.6 is 0 Å². The minimum Gasteiger partial charge on any atom is -0.391 e. The Morgan fingerprint density at radius 3 is 1.60 bits per heavy atom. The molecule has 0 aromatic heterocycles. The van der Waals surface area contributed by atoms with Gasteiger partial charge >= 0.3 is 0 Å². The maximum Gasteiger partial charge on any atom is 0.224 e. The van der Waals surface area contributed by atoms with Crippen LogP contribution in [0, 0.1) is 0 Å². The SMILES string of the molecule is CC1(C)OC2COC3(CO)OC(C)(C)OC3C2O1.CC1(C)OC2COC3(COCC4CO4)OC(C)(C)OC3C2O1. The second kappa shape index (κ2) is 9.74. The summed E-state index contributed by atoms with van der Waals surface area (Å²) in [6.07, 6.45) is -1.54. The molecule has 0 aromatic rings. The highest BCUT2D eigenvalue weighted by Gasteiger charge is 2.66. The van der Waals surface area contributed by atoms with Gasteiger partial charge in [0.05, 0.1) is 26.4 Å². The molecule has 7 saturated heterocycles. The molecule has 7 heterocycles. The van der Waals surface area contributed by atoms with E-state index in [9.17, 15) is 5.11 Å². The van der Waals surface area contributed by atoms with Crippen molar-refractivity contribution < 1.29 is 61.9 Å². The quantitative estimate of drug-likeness (QED) is 0.470. The highest BCUT2D eigenvalue weighted by atomic mass is 16.9. The molecule has 9 unspecified atom stereocenters. The first-order valence-electron chi connectivity index (χ1n) is 14.1. The predicted octanol–water partition coefficient (Wildman–Crippen LogP) is 1.18. The molecule has 7 aliphatic rings. The van der Waals surface area contributed by atoms with Gasteiger partial charge in [-0.25, -0.2) is 0 Å². The van der Waals surface area contributed by atoms with Gasteiger partial charge in [0.25, 0.3) is 0 Å². The first-order chi connectivity index (χ1) is 18.6. The molecule has 0 bridgehead atoms. The van der Waals surface area contributed by atoms with Crippen molar-refractivity contribution >= 4 is 0 Å². The number of ether oxygens (including phenoxy) is 12. The van der Waals surface area contributed by atoms with E-state index < -0.39 is 40.8 Å². The van der Waals surface area contributed by atoms with E-state index in [1.54, 1.807) is 13.8 Å². The van der Waals surface area contributed by atoms with E-state index in [-0.39, 0.29) is 49.8 Å². The van der Waals surface area contributed by atoms with Crippen molar-refractivity contribution in [2.45, 2.75) is 133 Å². The Labute approximate surface area is 234 Å². The van der Waals surface area contributed by atoms with Gasteiger partial charge in [0.2, 0.25) is 11.6 Å². The van der Waals surface area contributed by atoms with Crippen molar-refractivity contribution in [3.8, 4) is 0 Å². The number of fused-ring (bicyclic) bond motifs is 6. The normalized spacial score (nSPS) is 48.4. The summed E-state index contributed by atoms with van der Waals surface area (Å²) in [6, 6.07) is 0. The number of epoxide rings is 1. The van der Waals surface area contributed by atoms with Crippen molar-refractivity contribution in [2.75, 3.05) is 39.6 Å². The summed E-state index contributed by atoms with van der Waals surface area (Å²) in [6.45, 7) is 16.9. The number of aliphatic hydroxyl groups is 1. The van der Waals surface area contributed by atoms with Crippen LogP contribution in [0.25, 0.3) is 0 Å². The van der Waals surface area contributed by atoms with Crippen LogP contribution in [-0.2, 0) is 56.8 Å². The fourth-order valence-corrected chi connectivity index (χ4v) is 6.41. The second-order valence-electron chi connectivity index (χ2n) is 13.2. The highest BCUT2D eigenvalue weighted by Crippen LogP contribution is 2.48. The van der Waals surface area contributed by atoms with Crippen LogP contribution in [0.5, 0.6) is 0 Å². The topological polar surface area (TPSA) is 134 Å². The molecule has 13 nitrogen and oxygen atoms in total. The summed E-state index contributed by atoms with van der Waals surface area (Å²) in [4.78, 5) is 0. The van der Waals surface area contributed by atoms with Crippen LogP contribution in [0.2, 0.25) is 0 Å². The molecule has 7 rings (SSSR count). The van der Waals surface area contributed by atoms with Crippen LogP contribution < -0.4 is 0 Å².